The third-order valence-electron chi connectivity index (χ3n) is 2.06. The summed E-state index contributed by atoms with van der Waals surface area (Å²) in [7, 11) is 0. The molecule has 0 radical (unpaired) electrons. The first-order chi connectivity index (χ1) is 6.25. The van der Waals surface area contributed by atoms with Crippen molar-refractivity contribution in [1.29, 1.82) is 0 Å². The second kappa shape index (κ2) is 3.46. The number of nitrogens with one attached hydrogen (secondary N) is 1. The molecule has 1 aromatic rings. The number of hydrogen-bond acceptors (Lipinski definition) is 3. The first-order valence-corrected chi connectivity index (χ1v) is 5.32. The minimum Gasteiger partial charge on any atom is -0.350 e. The molecule has 3 nitrogen and oxygen atoms in total. The van der Waals surface area contributed by atoms with Gasteiger partial charge in [0.25, 0.3) is 0 Å². The van der Waals surface area contributed by atoms with Crippen LogP contribution in [-0.2, 0) is 11.3 Å². The highest BCUT2D eigenvalue weighted by Gasteiger charge is 2.29. The topological polar surface area (TPSA) is 42.0 Å². The molecule has 2 rings (SSSR count). The Bertz CT molecular complexity index is 317. The fourth-order valence-electron chi connectivity index (χ4n) is 1.16. The molecule has 1 aliphatic carbocycles. The summed E-state index contributed by atoms with van der Waals surface area (Å²) >= 11 is 1.62. The molecule has 0 bridgehead atoms. The molecule has 0 spiro atoms. The average Bonchev–Trinajstić information content (AvgIpc) is 2.87. The van der Waals surface area contributed by atoms with E-state index in [0.29, 0.717) is 12.5 Å². The molecule has 1 aliphatic rings. The van der Waals surface area contributed by atoms with Gasteiger partial charge >= 0.3 is 0 Å². The standard InChI is InChI=1S/C9H12N2OS/c1-6-11-8(5-13-6)4-10-9(12)7-2-3-7/h5,7H,2-4H2,1H3,(H,10,12). The smallest absolute Gasteiger partial charge is 0.223 e. The van der Waals surface area contributed by atoms with E-state index in [1.54, 1.807) is 11.3 Å². The molecule has 0 aliphatic heterocycles. The third kappa shape index (κ3) is 2.28. The first-order valence-electron chi connectivity index (χ1n) is 4.44. The zero-order valence-corrected chi connectivity index (χ0v) is 8.36. The Kier molecular flexibility index (Phi) is 2.31. The first kappa shape index (κ1) is 8.69. The average molecular weight is 196 g/mol. The molecule has 13 heavy (non-hydrogen) atoms. The number of rotatable bonds is 3. The van der Waals surface area contributed by atoms with Gasteiger partial charge in [-0.05, 0) is 19.8 Å². The van der Waals surface area contributed by atoms with Crippen LogP contribution in [0.25, 0.3) is 0 Å². The number of nitrogens with zero attached hydrogens (tertiary/aromatic N) is 1. The molecule has 1 heterocycles. The van der Waals surface area contributed by atoms with Gasteiger partial charge in [-0.1, -0.05) is 0 Å². The summed E-state index contributed by atoms with van der Waals surface area (Å²) in [5.41, 5.74) is 0.969. The Morgan fingerprint density at radius 1 is 1.77 bits per heavy atom. The van der Waals surface area contributed by atoms with Gasteiger partial charge in [0, 0.05) is 11.3 Å². The monoisotopic (exact) mass is 196 g/mol. The van der Waals surface area contributed by atoms with Crippen molar-refractivity contribution in [2.45, 2.75) is 26.3 Å². The lowest BCUT2D eigenvalue weighted by atomic mass is 10.4. The van der Waals surface area contributed by atoms with Gasteiger partial charge in [0.15, 0.2) is 0 Å². The fourth-order valence-corrected chi connectivity index (χ4v) is 1.77. The number of thiazole rings is 1. The summed E-state index contributed by atoms with van der Waals surface area (Å²) in [6, 6.07) is 0. The molecular formula is C9H12N2OS. The highest BCUT2D eigenvalue weighted by molar-refractivity contribution is 7.09. The van der Waals surface area contributed by atoms with E-state index in [0.717, 1.165) is 23.5 Å². The summed E-state index contributed by atoms with van der Waals surface area (Å²) in [5.74, 6) is 0.477. The van der Waals surface area contributed by atoms with Gasteiger partial charge < -0.3 is 5.32 Å². The van der Waals surface area contributed by atoms with Gasteiger partial charge in [0.1, 0.15) is 0 Å². The van der Waals surface area contributed by atoms with Gasteiger partial charge in [0.05, 0.1) is 17.2 Å². The summed E-state index contributed by atoms with van der Waals surface area (Å²) in [5, 5.41) is 5.92. The van der Waals surface area contributed by atoms with Crippen LogP contribution in [0.3, 0.4) is 0 Å². The van der Waals surface area contributed by atoms with Crippen LogP contribution in [0.1, 0.15) is 23.5 Å². The normalized spacial score (nSPS) is 15.8. The Morgan fingerprint density at radius 3 is 3.08 bits per heavy atom. The molecule has 1 saturated carbocycles. The van der Waals surface area contributed by atoms with Crippen molar-refractivity contribution in [3.05, 3.63) is 16.1 Å². The summed E-state index contributed by atoms with van der Waals surface area (Å²) in [6.45, 7) is 2.55. The second-order valence-electron chi connectivity index (χ2n) is 3.35. The summed E-state index contributed by atoms with van der Waals surface area (Å²) in [4.78, 5) is 15.5. The number of aryl methyl sites for hydroxylation is 1. The lowest BCUT2D eigenvalue weighted by Gasteiger charge is -1.99. The quantitative estimate of drug-likeness (QED) is 0.795. The van der Waals surface area contributed by atoms with Crippen LogP contribution in [0.15, 0.2) is 5.38 Å². The van der Waals surface area contributed by atoms with Crippen LogP contribution >= 0.6 is 11.3 Å². The molecule has 1 amide bonds. The molecule has 70 valence electrons. The van der Waals surface area contributed by atoms with Gasteiger partial charge in [0.2, 0.25) is 5.91 Å². The predicted molar refractivity (Wildman–Crippen MR) is 51.4 cm³/mol. The lowest BCUT2D eigenvalue weighted by Crippen LogP contribution is -2.24. The number of carbonyl (C=O) groups is 1. The molecule has 1 fully saturated rings. The Labute approximate surface area is 81.2 Å². The third-order valence-corrected chi connectivity index (χ3v) is 2.88. The van der Waals surface area contributed by atoms with Crippen LogP contribution in [0.5, 0.6) is 0 Å². The van der Waals surface area contributed by atoms with Crippen molar-refractivity contribution in [2.24, 2.45) is 5.92 Å². The number of hydrogen-bond donors (Lipinski definition) is 1. The molecule has 4 heteroatoms. The van der Waals surface area contributed by atoms with Crippen molar-refractivity contribution in [2.75, 3.05) is 0 Å². The number of carbonyl (C=O) groups excluding carboxylic acids is 1. The minimum absolute atomic E-state index is 0.186. The molecule has 1 N–H and O–H groups in total. The predicted octanol–water partition coefficient (Wildman–Crippen LogP) is 1.48. The van der Waals surface area contributed by atoms with E-state index in [1.165, 1.54) is 0 Å². The Hall–Kier alpha value is -0.900. The van der Waals surface area contributed by atoms with E-state index >= 15 is 0 Å². The van der Waals surface area contributed by atoms with Gasteiger partial charge in [-0.3, -0.25) is 4.79 Å². The molecule has 0 aromatic carbocycles. The number of amides is 1. The molecule has 1 aromatic heterocycles. The second-order valence-corrected chi connectivity index (χ2v) is 4.41. The van der Waals surface area contributed by atoms with Gasteiger partial charge in [-0.2, -0.15) is 0 Å². The van der Waals surface area contributed by atoms with Crippen molar-refractivity contribution in [3.8, 4) is 0 Å². The largest absolute Gasteiger partial charge is 0.350 e. The molecule has 0 unspecified atom stereocenters. The molecular weight excluding hydrogens is 184 g/mol. The highest BCUT2D eigenvalue weighted by Crippen LogP contribution is 2.28. The highest BCUT2D eigenvalue weighted by atomic mass is 32.1. The van der Waals surface area contributed by atoms with E-state index in [4.69, 9.17) is 0 Å². The zero-order chi connectivity index (χ0) is 9.26. The van der Waals surface area contributed by atoms with E-state index in [2.05, 4.69) is 10.3 Å². The van der Waals surface area contributed by atoms with Gasteiger partial charge in [-0.15, -0.1) is 11.3 Å². The molecule has 0 atom stereocenters. The van der Waals surface area contributed by atoms with E-state index < -0.39 is 0 Å². The maximum absolute atomic E-state index is 11.2. The maximum atomic E-state index is 11.2. The van der Waals surface area contributed by atoms with E-state index in [-0.39, 0.29) is 5.91 Å². The van der Waals surface area contributed by atoms with Crippen LogP contribution in [0, 0.1) is 12.8 Å². The van der Waals surface area contributed by atoms with Gasteiger partial charge in [-0.25, -0.2) is 4.98 Å². The Morgan fingerprint density at radius 2 is 2.54 bits per heavy atom. The minimum atomic E-state index is 0.186. The SMILES string of the molecule is Cc1nc(CNC(=O)C2CC2)cs1. The van der Waals surface area contributed by atoms with Crippen molar-refractivity contribution in [1.82, 2.24) is 10.3 Å². The maximum Gasteiger partial charge on any atom is 0.223 e. The van der Waals surface area contributed by atoms with Crippen LogP contribution in [-0.4, -0.2) is 10.9 Å². The van der Waals surface area contributed by atoms with Crippen molar-refractivity contribution >= 4 is 17.2 Å². The van der Waals surface area contributed by atoms with E-state index in [1.807, 2.05) is 12.3 Å². The lowest BCUT2D eigenvalue weighted by molar-refractivity contribution is -0.122. The summed E-state index contributed by atoms with van der Waals surface area (Å²) in [6.07, 6.45) is 2.11. The van der Waals surface area contributed by atoms with Crippen LogP contribution in [0.4, 0.5) is 0 Å². The molecule has 0 saturated heterocycles. The number of aromatic nitrogens is 1. The summed E-state index contributed by atoms with van der Waals surface area (Å²) < 4.78 is 0. The fraction of sp³-hybridized carbons (Fsp3) is 0.556. The van der Waals surface area contributed by atoms with Crippen LogP contribution < -0.4 is 5.32 Å². The van der Waals surface area contributed by atoms with Crippen LogP contribution in [0.2, 0.25) is 0 Å². The zero-order valence-electron chi connectivity index (χ0n) is 7.54. The van der Waals surface area contributed by atoms with E-state index in [9.17, 15) is 4.79 Å². The van der Waals surface area contributed by atoms with Crippen molar-refractivity contribution < 1.29 is 4.79 Å². The van der Waals surface area contributed by atoms with Crippen molar-refractivity contribution in [3.63, 3.8) is 0 Å². The Balaban J connectivity index is 1.81.